The van der Waals surface area contributed by atoms with Gasteiger partial charge in [0.15, 0.2) is 6.04 Å². The third kappa shape index (κ3) is 4.90. The second-order valence-electron chi connectivity index (χ2n) is 5.06. The molecule has 1 rings (SSSR count). The van der Waals surface area contributed by atoms with E-state index >= 15 is 0 Å². The quantitative estimate of drug-likeness (QED) is 0.550. The van der Waals surface area contributed by atoms with Crippen LogP contribution in [0.3, 0.4) is 0 Å². The average molecular weight is 285 g/mol. The lowest BCUT2D eigenvalue weighted by Crippen LogP contribution is -2.43. The number of amides is 1. The molecule has 0 aromatic rings. The van der Waals surface area contributed by atoms with Crippen molar-refractivity contribution in [2.24, 2.45) is 0 Å². The number of hydrogen-bond acceptors (Lipinski definition) is 3. The first kappa shape index (κ1) is 16.1. The van der Waals surface area contributed by atoms with Gasteiger partial charge in [0.25, 0.3) is 0 Å². The van der Waals surface area contributed by atoms with Gasteiger partial charge in [-0.3, -0.25) is 4.79 Å². The fourth-order valence-electron chi connectivity index (χ4n) is 2.41. The summed E-state index contributed by atoms with van der Waals surface area (Å²) in [4.78, 5) is 25.0. The SMILES string of the molecule is CCCCCCCCC(=O)N1CCC(=S)[C@H]1C(=O)O. The Labute approximate surface area is 120 Å². The molecule has 1 atom stereocenters. The number of carboxylic acid groups (broad SMARTS) is 1. The Bertz CT molecular complexity index is 344. The first-order chi connectivity index (χ1) is 9.07. The number of hydrogen-bond donors (Lipinski definition) is 1. The lowest BCUT2D eigenvalue weighted by atomic mass is 10.1. The molecule has 1 N–H and O–H groups in total. The summed E-state index contributed by atoms with van der Waals surface area (Å²) in [6.07, 6.45) is 7.70. The first-order valence-electron chi connectivity index (χ1n) is 7.13. The van der Waals surface area contributed by atoms with Crippen LogP contribution in [0.25, 0.3) is 0 Å². The minimum absolute atomic E-state index is 0.0669. The monoisotopic (exact) mass is 285 g/mol. The molecule has 0 bridgehead atoms. The van der Waals surface area contributed by atoms with E-state index in [1.807, 2.05) is 0 Å². The highest BCUT2D eigenvalue weighted by Gasteiger charge is 2.37. The van der Waals surface area contributed by atoms with Gasteiger partial charge < -0.3 is 10.0 Å². The second-order valence-corrected chi connectivity index (χ2v) is 5.59. The molecule has 0 aromatic heterocycles. The van der Waals surface area contributed by atoms with E-state index in [9.17, 15) is 9.59 Å². The van der Waals surface area contributed by atoms with Gasteiger partial charge in [-0.15, -0.1) is 0 Å². The lowest BCUT2D eigenvalue weighted by molar-refractivity contribution is -0.146. The highest BCUT2D eigenvalue weighted by atomic mass is 32.1. The molecule has 0 unspecified atom stereocenters. The summed E-state index contributed by atoms with van der Waals surface area (Å²) in [5.74, 6) is -1.07. The van der Waals surface area contributed by atoms with Crippen LogP contribution in [-0.2, 0) is 9.59 Å². The molecule has 1 amide bonds. The summed E-state index contributed by atoms with van der Waals surface area (Å²) in [7, 11) is 0. The van der Waals surface area contributed by atoms with E-state index in [0.29, 0.717) is 24.3 Å². The fourth-order valence-corrected chi connectivity index (χ4v) is 2.73. The summed E-state index contributed by atoms with van der Waals surface area (Å²) in [6, 6.07) is -0.873. The predicted molar refractivity (Wildman–Crippen MR) is 78.3 cm³/mol. The molecule has 0 aliphatic carbocycles. The fraction of sp³-hybridized carbons (Fsp3) is 0.786. The van der Waals surface area contributed by atoms with Gasteiger partial charge in [0.1, 0.15) is 0 Å². The molecule has 5 heteroatoms. The third-order valence-corrected chi connectivity index (χ3v) is 3.94. The summed E-state index contributed by atoms with van der Waals surface area (Å²) < 4.78 is 0. The molecule has 1 saturated heterocycles. The van der Waals surface area contributed by atoms with Gasteiger partial charge in [-0.05, 0) is 12.8 Å². The lowest BCUT2D eigenvalue weighted by Gasteiger charge is -2.21. The molecular weight excluding hydrogens is 262 g/mol. The van der Waals surface area contributed by atoms with Crippen LogP contribution in [0.4, 0.5) is 0 Å². The van der Waals surface area contributed by atoms with Gasteiger partial charge >= 0.3 is 5.97 Å². The number of aliphatic carboxylic acids is 1. The Balaban J connectivity index is 2.29. The van der Waals surface area contributed by atoms with E-state index in [2.05, 4.69) is 6.92 Å². The van der Waals surface area contributed by atoms with E-state index in [4.69, 9.17) is 17.3 Å². The number of nitrogens with zero attached hydrogens (tertiary/aromatic N) is 1. The van der Waals surface area contributed by atoms with Crippen LogP contribution < -0.4 is 0 Å². The van der Waals surface area contributed by atoms with Crippen molar-refractivity contribution in [1.29, 1.82) is 0 Å². The molecule has 108 valence electrons. The van der Waals surface area contributed by atoms with Gasteiger partial charge in [0.05, 0.1) is 0 Å². The van der Waals surface area contributed by atoms with Crippen molar-refractivity contribution >= 4 is 29.0 Å². The molecule has 1 aliphatic heterocycles. The van der Waals surface area contributed by atoms with Crippen molar-refractivity contribution in [3.05, 3.63) is 0 Å². The summed E-state index contributed by atoms with van der Waals surface area (Å²) in [5.41, 5.74) is 0. The second kappa shape index (κ2) is 8.25. The standard InChI is InChI=1S/C14H23NO3S/c1-2-3-4-5-6-7-8-12(16)15-10-9-11(19)13(15)14(17)18/h13H,2-10H2,1H3,(H,17,18)/t13-/m0/s1. The minimum Gasteiger partial charge on any atom is -0.479 e. The first-order valence-corrected chi connectivity index (χ1v) is 7.53. The zero-order chi connectivity index (χ0) is 14.3. The number of carbonyl (C=O) groups excluding carboxylic acids is 1. The largest absolute Gasteiger partial charge is 0.479 e. The molecule has 0 radical (unpaired) electrons. The normalized spacial score (nSPS) is 18.9. The van der Waals surface area contributed by atoms with Gasteiger partial charge in [0.2, 0.25) is 5.91 Å². The molecule has 0 spiro atoms. The van der Waals surface area contributed by atoms with E-state index < -0.39 is 12.0 Å². The molecular formula is C14H23NO3S. The Morgan fingerprint density at radius 3 is 2.53 bits per heavy atom. The zero-order valence-corrected chi connectivity index (χ0v) is 12.4. The summed E-state index contributed by atoms with van der Waals surface area (Å²) in [5, 5.41) is 9.09. The number of carboxylic acids is 1. The maximum Gasteiger partial charge on any atom is 0.331 e. The van der Waals surface area contributed by atoms with Crippen LogP contribution in [0.15, 0.2) is 0 Å². The molecule has 4 nitrogen and oxygen atoms in total. The van der Waals surface area contributed by atoms with Crippen LogP contribution in [0, 0.1) is 0 Å². The topological polar surface area (TPSA) is 57.6 Å². The third-order valence-electron chi connectivity index (χ3n) is 3.51. The molecule has 1 heterocycles. The molecule has 0 aromatic carbocycles. The van der Waals surface area contributed by atoms with Crippen molar-refractivity contribution in [3.63, 3.8) is 0 Å². The Morgan fingerprint density at radius 2 is 1.89 bits per heavy atom. The van der Waals surface area contributed by atoms with Crippen molar-refractivity contribution in [3.8, 4) is 0 Å². The van der Waals surface area contributed by atoms with Crippen molar-refractivity contribution in [2.75, 3.05) is 6.54 Å². The van der Waals surface area contributed by atoms with E-state index in [1.54, 1.807) is 0 Å². The van der Waals surface area contributed by atoms with Crippen molar-refractivity contribution in [2.45, 2.75) is 64.3 Å². The highest BCUT2D eigenvalue weighted by Crippen LogP contribution is 2.18. The van der Waals surface area contributed by atoms with Gasteiger partial charge in [-0.2, -0.15) is 0 Å². The minimum atomic E-state index is -1.00. The van der Waals surface area contributed by atoms with Gasteiger partial charge in [-0.25, -0.2) is 4.79 Å². The van der Waals surface area contributed by atoms with Crippen LogP contribution >= 0.6 is 12.2 Å². The maximum absolute atomic E-state index is 12.0. The number of thiocarbonyl (C=S) groups is 1. The average Bonchev–Trinajstić information content (AvgIpc) is 2.75. The summed E-state index contributed by atoms with van der Waals surface area (Å²) in [6.45, 7) is 2.64. The number of rotatable bonds is 8. The Kier molecular flexibility index (Phi) is 6.99. The number of unbranched alkanes of at least 4 members (excludes halogenated alkanes) is 5. The Hall–Kier alpha value is -0.970. The van der Waals surface area contributed by atoms with Crippen LogP contribution in [0.5, 0.6) is 0 Å². The Morgan fingerprint density at radius 1 is 1.26 bits per heavy atom. The predicted octanol–water partition coefficient (Wildman–Crippen LogP) is 2.79. The van der Waals surface area contributed by atoms with Crippen molar-refractivity contribution < 1.29 is 14.7 Å². The van der Waals surface area contributed by atoms with Gasteiger partial charge in [-0.1, -0.05) is 51.2 Å². The molecule has 19 heavy (non-hydrogen) atoms. The molecule has 1 fully saturated rings. The summed E-state index contributed by atoms with van der Waals surface area (Å²) >= 11 is 5.02. The van der Waals surface area contributed by atoms with Crippen LogP contribution in [-0.4, -0.2) is 39.3 Å². The van der Waals surface area contributed by atoms with Crippen LogP contribution in [0.1, 0.15) is 58.3 Å². The molecule has 0 saturated carbocycles. The molecule has 1 aliphatic rings. The number of likely N-dealkylation sites (tertiary alicyclic amines) is 1. The maximum atomic E-state index is 12.0. The van der Waals surface area contributed by atoms with Gasteiger partial charge in [0, 0.05) is 17.8 Å². The van der Waals surface area contributed by atoms with E-state index in [1.165, 1.54) is 24.2 Å². The van der Waals surface area contributed by atoms with Crippen LogP contribution in [0.2, 0.25) is 0 Å². The van der Waals surface area contributed by atoms with E-state index in [-0.39, 0.29) is 5.91 Å². The van der Waals surface area contributed by atoms with Crippen molar-refractivity contribution in [1.82, 2.24) is 4.90 Å². The zero-order valence-electron chi connectivity index (χ0n) is 11.6. The highest BCUT2D eigenvalue weighted by molar-refractivity contribution is 7.80. The smallest absolute Gasteiger partial charge is 0.331 e. The van der Waals surface area contributed by atoms with E-state index in [0.717, 1.165) is 19.3 Å². The number of carbonyl (C=O) groups is 2.